The van der Waals surface area contributed by atoms with Gasteiger partial charge in [0.1, 0.15) is 6.10 Å². The highest BCUT2D eigenvalue weighted by molar-refractivity contribution is 6.01. The average Bonchev–Trinajstić information content (AvgIpc) is 2.75. The van der Waals surface area contributed by atoms with Gasteiger partial charge >= 0.3 is 12.1 Å². The fraction of sp³-hybridized carbons (Fsp3) is 0.529. The highest BCUT2D eigenvalue weighted by atomic mass is 16.6. The standard InChI is InChI=1S/C17H21N3O3/c1-19-12-6-7-13(19)9-14(8-12)23-17(22)20-10-11-4-2-3-5-15(11)18-16(20)21/h2-5,12-14H,6-10H2,1H3,(H,18,21)/t12-,13+,14?. The van der Waals surface area contributed by atoms with Crippen LogP contribution in [0.4, 0.5) is 15.3 Å². The Labute approximate surface area is 135 Å². The van der Waals surface area contributed by atoms with E-state index in [2.05, 4.69) is 17.3 Å². The predicted molar refractivity (Wildman–Crippen MR) is 85.1 cm³/mol. The lowest BCUT2D eigenvalue weighted by molar-refractivity contribution is 0.0153. The summed E-state index contributed by atoms with van der Waals surface area (Å²) in [4.78, 5) is 28.1. The first kappa shape index (κ1) is 14.5. The van der Waals surface area contributed by atoms with E-state index in [1.165, 1.54) is 12.8 Å². The molecule has 1 aromatic rings. The Morgan fingerprint density at radius 2 is 1.91 bits per heavy atom. The molecular weight excluding hydrogens is 294 g/mol. The van der Waals surface area contributed by atoms with Crippen LogP contribution in [0.15, 0.2) is 24.3 Å². The van der Waals surface area contributed by atoms with E-state index in [1.54, 1.807) is 0 Å². The number of fused-ring (bicyclic) bond motifs is 3. The number of hydrogen-bond acceptors (Lipinski definition) is 4. The van der Waals surface area contributed by atoms with Crippen LogP contribution in [0, 0.1) is 0 Å². The maximum Gasteiger partial charge on any atom is 0.418 e. The van der Waals surface area contributed by atoms with Crippen molar-refractivity contribution in [2.24, 2.45) is 0 Å². The largest absolute Gasteiger partial charge is 0.446 e. The van der Waals surface area contributed by atoms with Crippen LogP contribution in [0.2, 0.25) is 0 Å². The molecule has 1 unspecified atom stereocenters. The first-order valence-electron chi connectivity index (χ1n) is 8.21. The molecule has 0 spiro atoms. The summed E-state index contributed by atoms with van der Waals surface area (Å²) >= 11 is 0. The number of para-hydroxylation sites is 1. The van der Waals surface area contributed by atoms with Gasteiger partial charge in [0, 0.05) is 30.6 Å². The Kier molecular flexibility index (Phi) is 3.49. The molecule has 2 bridgehead atoms. The highest BCUT2D eigenvalue weighted by Crippen LogP contribution is 2.36. The van der Waals surface area contributed by atoms with Gasteiger partial charge in [0.2, 0.25) is 0 Å². The van der Waals surface area contributed by atoms with E-state index < -0.39 is 12.1 Å². The molecule has 3 atom stereocenters. The summed E-state index contributed by atoms with van der Waals surface area (Å²) in [6.45, 7) is 0.264. The van der Waals surface area contributed by atoms with Crippen molar-refractivity contribution in [3.05, 3.63) is 29.8 Å². The number of carbonyl (C=O) groups excluding carboxylic acids is 2. The molecule has 3 amide bonds. The molecule has 1 N–H and O–H groups in total. The SMILES string of the molecule is CN1[C@@H]2CC[C@H]1CC(OC(=O)N1Cc3ccccc3NC1=O)C2. The summed E-state index contributed by atoms with van der Waals surface area (Å²) in [5.41, 5.74) is 1.69. The zero-order valence-corrected chi connectivity index (χ0v) is 13.2. The van der Waals surface area contributed by atoms with E-state index in [9.17, 15) is 9.59 Å². The lowest BCUT2D eigenvalue weighted by Gasteiger charge is -2.36. The van der Waals surface area contributed by atoms with Gasteiger partial charge in [-0.3, -0.25) is 0 Å². The van der Waals surface area contributed by atoms with Gasteiger partial charge in [0.15, 0.2) is 0 Å². The number of amides is 3. The van der Waals surface area contributed by atoms with Crippen LogP contribution < -0.4 is 5.32 Å². The number of nitrogens with one attached hydrogen (secondary N) is 1. The molecule has 6 heteroatoms. The fourth-order valence-corrected chi connectivity index (χ4v) is 4.02. The first-order valence-corrected chi connectivity index (χ1v) is 8.21. The minimum absolute atomic E-state index is 0.0822. The van der Waals surface area contributed by atoms with Crippen molar-refractivity contribution >= 4 is 17.8 Å². The lowest BCUT2D eigenvalue weighted by Crippen LogP contribution is -2.47. The highest BCUT2D eigenvalue weighted by Gasteiger charge is 2.41. The average molecular weight is 315 g/mol. The number of benzene rings is 1. The Morgan fingerprint density at radius 3 is 2.65 bits per heavy atom. The van der Waals surface area contributed by atoms with Crippen LogP contribution in [0.1, 0.15) is 31.2 Å². The molecule has 0 aromatic heterocycles. The van der Waals surface area contributed by atoms with Gasteiger partial charge in [-0.05, 0) is 31.5 Å². The smallest absolute Gasteiger partial charge is 0.418 e. The van der Waals surface area contributed by atoms with E-state index in [1.807, 2.05) is 24.3 Å². The first-order chi connectivity index (χ1) is 11.1. The van der Waals surface area contributed by atoms with E-state index in [0.29, 0.717) is 12.1 Å². The number of piperidine rings is 1. The normalized spacial score (nSPS) is 29.9. The van der Waals surface area contributed by atoms with E-state index >= 15 is 0 Å². The van der Waals surface area contributed by atoms with Gasteiger partial charge in [-0.2, -0.15) is 0 Å². The molecule has 0 saturated carbocycles. The predicted octanol–water partition coefficient (Wildman–Crippen LogP) is 2.80. The van der Waals surface area contributed by atoms with Crippen LogP contribution in [0.5, 0.6) is 0 Å². The number of rotatable bonds is 1. The monoisotopic (exact) mass is 315 g/mol. The molecule has 0 aliphatic carbocycles. The lowest BCUT2D eigenvalue weighted by atomic mass is 10.0. The second-order valence-electron chi connectivity index (χ2n) is 6.70. The second-order valence-corrected chi connectivity index (χ2v) is 6.70. The minimum Gasteiger partial charge on any atom is -0.446 e. The third-order valence-electron chi connectivity index (χ3n) is 5.38. The van der Waals surface area contributed by atoms with Crippen LogP contribution in [0.3, 0.4) is 0 Å². The van der Waals surface area contributed by atoms with E-state index in [0.717, 1.165) is 29.0 Å². The molecule has 3 heterocycles. The number of hydrogen-bond donors (Lipinski definition) is 1. The molecule has 4 rings (SSSR count). The quantitative estimate of drug-likeness (QED) is 0.865. The van der Waals surface area contributed by atoms with Crippen molar-refractivity contribution in [2.75, 3.05) is 12.4 Å². The van der Waals surface area contributed by atoms with Gasteiger partial charge in [-0.1, -0.05) is 18.2 Å². The van der Waals surface area contributed by atoms with Gasteiger partial charge in [0.05, 0.1) is 6.54 Å². The minimum atomic E-state index is -0.536. The van der Waals surface area contributed by atoms with Crippen LogP contribution >= 0.6 is 0 Å². The molecule has 0 radical (unpaired) electrons. The Bertz CT molecular complexity index is 634. The maximum atomic E-state index is 12.4. The molecule has 122 valence electrons. The van der Waals surface area contributed by atoms with Crippen molar-refractivity contribution in [1.29, 1.82) is 0 Å². The molecule has 2 saturated heterocycles. The van der Waals surface area contributed by atoms with Crippen LogP contribution in [-0.2, 0) is 11.3 Å². The molecule has 3 aliphatic rings. The summed E-state index contributed by atoms with van der Waals surface area (Å²) in [5.74, 6) is 0. The van der Waals surface area contributed by atoms with Crippen molar-refractivity contribution in [1.82, 2.24) is 9.80 Å². The second kappa shape index (κ2) is 5.53. The molecule has 23 heavy (non-hydrogen) atoms. The Balaban J connectivity index is 1.43. The topological polar surface area (TPSA) is 61.9 Å². The van der Waals surface area contributed by atoms with Gasteiger partial charge in [0.25, 0.3) is 0 Å². The maximum absolute atomic E-state index is 12.4. The van der Waals surface area contributed by atoms with Gasteiger partial charge < -0.3 is 15.0 Å². The van der Waals surface area contributed by atoms with Crippen molar-refractivity contribution in [2.45, 2.75) is 50.4 Å². The fourth-order valence-electron chi connectivity index (χ4n) is 4.02. The number of urea groups is 1. The zero-order valence-electron chi connectivity index (χ0n) is 13.2. The molecule has 3 aliphatic heterocycles. The molecular formula is C17H21N3O3. The Morgan fingerprint density at radius 1 is 1.22 bits per heavy atom. The molecule has 6 nitrogen and oxygen atoms in total. The number of carbonyl (C=O) groups is 2. The molecule has 1 aromatic carbocycles. The van der Waals surface area contributed by atoms with Crippen molar-refractivity contribution < 1.29 is 14.3 Å². The number of ether oxygens (including phenoxy) is 1. The third kappa shape index (κ3) is 2.57. The van der Waals surface area contributed by atoms with Crippen LogP contribution in [-0.4, -0.2) is 47.2 Å². The zero-order chi connectivity index (χ0) is 16.0. The van der Waals surface area contributed by atoms with Gasteiger partial charge in [-0.25, -0.2) is 14.5 Å². The third-order valence-corrected chi connectivity index (χ3v) is 5.38. The number of anilines is 1. The number of imide groups is 1. The summed E-state index contributed by atoms with van der Waals surface area (Å²) in [7, 11) is 2.15. The Hall–Kier alpha value is -2.08. The molecule has 2 fully saturated rings. The summed E-state index contributed by atoms with van der Waals surface area (Å²) < 4.78 is 5.64. The summed E-state index contributed by atoms with van der Waals surface area (Å²) in [5, 5.41) is 2.74. The summed E-state index contributed by atoms with van der Waals surface area (Å²) in [6.07, 6.45) is 3.46. The van der Waals surface area contributed by atoms with Gasteiger partial charge in [-0.15, -0.1) is 0 Å². The van der Waals surface area contributed by atoms with Crippen LogP contribution in [0.25, 0.3) is 0 Å². The van der Waals surface area contributed by atoms with Crippen molar-refractivity contribution in [3.8, 4) is 0 Å². The summed E-state index contributed by atoms with van der Waals surface area (Å²) in [6, 6.07) is 8.10. The van der Waals surface area contributed by atoms with E-state index in [4.69, 9.17) is 4.74 Å². The number of nitrogens with zero attached hydrogens (tertiary/aromatic N) is 2. The van der Waals surface area contributed by atoms with Crippen molar-refractivity contribution in [3.63, 3.8) is 0 Å². The van der Waals surface area contributed by atoms with E-state index in [-0.39, 0.29) is 12.6 Å².